The van der Waals surface area contributed by atoms with Crippen molar-refractivity contribution in [2.45, 2.75) is 77.0 Å². The Labute approximate surface area is 219 Å². The summed E-state index contributed by atoms with van der Waals surface area (Å²) in [7, 11) is 0. The number of aryl methyl sites for hydroxylation is 2. The van der Waals surface area contributed by atoms with E-state index in [1.807, 2.05) is 39.0 Å². The van der Waals surface area contributed by atoms with Crippen molar-refractivity contribution in [2.24, 2.45) is 11.8 Å². The molecule has 37 heavy (non-hydrogen) atoms. The molecule has 3 fully saturated rings. The predicted molar refractivity (Wildman–Crippen MR) is 140 cm³/mol. The molecule has 0 radical (unpaired) electrons. The van der Waals surface area contributed by atoms with Gasteiger partial charge >= 0.3 is 5.97 Å². The molecule has 0 saturated carbocycles. The molecule has 1 N–H and O–H groups in total. The van der Waals surface area contributed by atoms with Crippen molar-refractivity contribution in [1.29, 1.82) is 0 Å². The van der Waals surface area contributed by atoms with Crippen LogP contribution in [0.25, 0.3) is 0 Å². The lowest BCUT2D eigenvalue weighted by molar-refractivity contribution is -0.160. The number of carbonyl (C=O) groups is 3. The molecule has 4 rings (SSSR count). The molecule has 3 heterocycles. The van der Waals surface area contributed by atoms with Gasteiger partial charge in [-0.25, -0.2) is 0 Å². The van der Waals surface area contributed by atoms with E-state index in [-0.39, 0.29) is 31.6 Å². The lowest BCUT2D eigenvalue weighted by atomic mass is 9.65. The fraction of sp³-hybridized carbons (Fsp3) is 0.621. The molecule has 0 aromatic heterocycles. The monoisotopic (exact) mass is 512 g/mol. The SMILES string of the molecule is C=CCN(C(=O)C1N(CCCCO)C(=O)[C@@H]2[C@@H](C(=O)OCC)[C@@]3(CC)CCC12O3)c1cc(C)ccc1C. The van der Waals surface area contributed by atoms with Gasteiger partial charge in [-0.2, -0.15) is 0 Å². The number of amides is 2. The molecule has 202 valence electrons. The maximum Gasteiger partial charge on any atom is 0.312 e. The minimum atomic E-state index is -1.10. The number of hydrogen-bond donors (Lipinski definition) is 1. The van der Waals surface area contributed by atoms with Crippen LogP contribution in [-0.4, -0.2) is 71.3 Å². The third-order valence-electron chi connectivity index (χ3n) is 8.50. The first-order valence-corrected chi connectivity index (χ1v) is 13.5. The number of nitrogens with zero attached hydrogens (tertiary/aromatic N) is 2. The normalized spacial score (nSPS) is 29.9. The van der Waals surface area contributed by atoms with E-state index in [4.69, 9.17) is 9.47 Å². The summed E-state index contributed by atoms with van der Waals surface area (Å²) in [6.45, 7) is 12.3. The highest BCUT2D eigenvalue weighted by atomic mass is 16.6. The summed E-state index contributed by atoms with van der Waals surface area (Å²) in [5.74, 6) is -2.41. The van der Waals surface area contributed by atoms with Crippen LogP contribution in [0.1, 0.15) is 57.1 Å². The molecule has 3 aliphatic heterocycles. The Bertz CT molecular complexity index is 1070. The first-order chi connectivity index (χ1) is 17.7. The summed E-state index contributed by atoms with van der Waals surface area (Å²) < 4.78 is 12.2. The fourth-order valence-corrected chi connectivity index (χ4v) is 6.82. The van der Waals surface area contributed by atoms with Crippen LogP contribution in [0.4, 0.5) is 5.69 Å². The predicted octanol–water partition coefficient (Wildman–Crippen LogP) is 3.31. The molecule has 1 aromatic rings. The Hall–Kier alpha value is -2.71. The number of esters is 1. The smallest absolute Gasteiger partial charge is 0.312 e. The summed E-state index contributed by atoms with van der Waals surface area (Å²) >= 11 is 0. The molecule has 2 amide bonds. The summed E-state index contributed by atoms with van der Waals surface area (Å²) in [5, 5.41) is 9.37. The number of aliphatic hydroxyl groups is 1. The van der Waals surface area contributed by atoms with E-state index < -0.39 is 35.0 Å². The molecule has 5 atom stereocenters. The number of aliphatic hydroxyl groups excluding tert-OH is 1. The summed E-state index contributed by atoms with van der Waals surface area (Å²) in [6.07, 6.45) is 4.41. The van der Waals surface area contributed by atoms with Crippen LogP contribution in [0.5, 0.6) is 0 Å². The molecule has 2 bridgehead atoms. The molecule has 0 aliphatic carbocycles. The molecule has 2 unspecified atom stereocenters. The fourth-order valence-electron chi connectivity index (χ4n) is 6.82. The molecule has 8 nitrogen and oxygen atoms in total. The maximum absolute atomic E-state index is 14.5. The third kappa shape index (κ3) is 4.28. The second-order valence-corrected chi connectivity index (χ2v) is 10.6. The van der Waals surface area contributed by atoms with Gasteiger partial charge in [0.2, 0.25) is 5.91 Å². The number of unbranched alkanes of at least 4 members (excludes halogenated alkanes) is 1. The van der Waals surface area contributed by atoms with E-state index in [1.165, 1.54) is 0 Å². The largest absolute Gasteiger partial charge is 0.466 e. The van der Waals surface area contributed by atoms with Gasteiger partial charge in [-0.3, -0.25) is 14.4 Å². The second-order valence-electron chi connectivity index (χ2n) is 10.6. The van der Waals surface area contributed by atoms with E-state index in [1.54, 1.807) is 22.8 Å². The third-order valence-corrected chi connectivity index (χ3v) is 8.50. The van der Waals surface area contributed by atoms with Crippen LogP contribution in [-0.2, 0) is 23.9 Å². The Kier molecular flexibility index (Phi) is 7.81. The zero-order valence-electron chi connectivity index (χ0n) is 22.5. The van der Waals surface area contributed by atoms with Crippen molar-refractivity contribution in [3.05, 3.63) is 42.0 Å². The number of hydrogen-bond acceptors (Lipinski definition) is 6. The van der Waals surface area contributed by atoms with Gasteiger partial charge in [0.25, 0.3) is 5.91 Å². The van der Waals surface area contributed by atoms with E-state index in [0.717, 1.165) is 16.8 Å². The highest BCUT2D eigenvalue weighted by Gasteiger charge is 2.79. The number of likely N-dealkylation sites (tertiary alicyclic amines) is 1. The number of ether oxygens (including phenoxy) is 2. The number of carbonyl (C=O) groups excluding carboxylic acids is 3. The van der Waals surface area contributed by atoms with Crippen LogP contribution in [0, 0.1) is 25.7 Å². The molecule has 3 aliphatic rings. The van der Waals surface area contributed by atoms with E-state index >= 15 is 0 Å². The minimum Gasteiger partial charge on any atom is -0.466 e. The minimum absolute atomic E-state index is 0.00118. The maximum atomic E-state index is 14.5. The quantitative estimate of drug-likeness (QED) is 0.278. The van der Waals surface area contributed by atoms with Crippen LogP contribution >= 0.6 is 0 Å². The van der Waals surface area contributed by atoms with Crippen LogP contribution < -0.4 is 4.90 Å². The van der Waals surface area contributed by atoms with Gasteiger partial charge in [-0.1, -0.05) is 25.1 Å². The lowest BCUT2D eigenvalue weighted by Gasteiger charge is -2.37. The first-order valence-electron chi connectivity index (χ1n) is 13.5. The van der Waals surface area contributed by atoms with Gasteiger partial charge in [0.15, 0.2) is 0 Å². The summed E-state index contributed by atoms with van der Waals surface area (Å²) in [6, 6.07) is 5.08. The Balaban J connectivity index is 1.82. The molecule has 1 aromatic carbocycles. The van der Waals surface area contributed by atoms with Gasteiger partial charge in [0.1, 0.15) is 17.6 Å². The molecular formula is C29H40N2O6. The molecule has 1 spiro atoms. The van der Waals surface area contributed by atoms with E-state index in [0.29, 0.717) is 38.6 Å². The van der Waals surface area contributed by atoms with Crippen molar-refractivity contribution >= 4 is 23.5 Å². The van der Waals surface area contributed by atoms with E-state index in [9.17, 15) is 19.5 Å². The Morgan fingerprint density at radius 3 is 2.68 bits per heavy atom. The second kappa shape index (κ2) is 10.6. The average Bonchev–Trinajstić information content (AvgIpc) is 3.48. The number of rotatable bonds is 11. The van der Waals surface area contributed by atoms with Gasteiger partial charge in [-0.05, 0) is 70.1 Å². The molecule has 3 saturated heterocycles. The number of benzene rings is 1. The number of fused-ring (bicyclic) bond motifs is 1. The topological polar surface area (TPSA) is 96.4 Å². The Morgan fingerprint density at radius 2 is 2.03 bits per heavy atom. The van der Waals surface area contributed by atoms with Crippen LogP contribution in [0.15, 0.2) is 30.9 Å². The van der Waals surface area contributed by atoms with Crippen LogP contribution in [0.3, 0.4) is 0 Å². The molecule has 8 heteroatoms. The van der Waals surface area contributed by atoms with Gasteiger partial charge in [0.05, 0.1) is 18.1 Å². The Morgan fingerprint density at radius 1 is 1.27 bits per heavy atom. The van der Waals surface area contributed by atoms with Crippen molar-refractivity contribution in [3.8, 4) is 0 Å². The van der Waals surface area contributed by atoms with Crippen LogP contribution in [0.2, 0.25) is 0 Å². The first kappa shape index (κ1) is 27.3. The zero-order chi connectivity index (χ0) is 27.0. The zero-order valence-corrected chi connectivity index (χ0v) is 22.5. The summed E-state index contributed by atoms with van der Waals surface area (Å²) in [5.41, 5.74) is 0.818. The van der Waals surface area contributed by atoms with Gasteiger partial charge in [0, 0.05) is 25.4 Å². The van der Waals surface area contributed by atoms with Crippen molar-refractivity contribution in [1.82, 2.24) is 4.90 Å². The lowest BCUT2D eigenvalue weighted by Crippen LogP contribution is -2.56. The van der Waals surface area contributed by atoms with Gasteiger partial charge < -0.3 is 24.4 Å². The van der Waals surface area contributed by atoms with Crippen molar-refractivity contribution < 1.29 is 29.0 Å². The van der Waals surface area contributed by atoms with E-state index in [2.05, 4.69) is 6.58 Å². The van der Waals surface area contributed by atoms with Crippen molar-refractivity contribution in [2.75, 3.05) is 31.2 Å². The standard InChI is InChI=1S/C29H40N2O6/c1-6-15-30(21-18-19(4)11-12-20(21)5)26(34)24-29-14-13-28(7-2,37-29)23(27(35)36-8-3)22(29)25(33)31(24)16-9-10-17-32/h6,11-12,18,22-24,32H,1,7-10,13-17H2,2-5H3/t22-,23-,24?,28+,29?/m0/s1. The van der Waals surface area contributed by atoms with Gasteiger partial charge in [-0.15, -0.1) is 6.58 Å². The number of anilines is 1. The summed E-state index contributed by atoms with van der Waals surface area (Å²) in [4.78, 5) is 45.2. The highest BCUT2D eigenvalue weighted by molar-refractivity contribution is 6.05. The molecular weight excluding hydrogens is 472 g/mol. The average molecular weight is 513 g/mol. The highest BCUT2D eigenvalue weighted by Crippen LogP contribution is 2.64. The van der Waals surface area contributed by atoms with Crippen molar-refractivity contribution in [3.63, 3.8) is 0 Å².